The monoisotopic (exact) mass is 208 g/mol. The molecule has 0 spiro atoms. The molecule has 2 heterocycles. The van der Waals surface area contributed by atoms with Gasteiger partial charge in [-0.05, 0) is 24.4 Å². The van der Waals surface area contributed by atoms with Gasteiger partial charge in [-0.3, -0.25) is 5.43 Å². The van der Waals surface area contributed by atoms with E-state index in [-0.39, 0.29) is 0 Å². The molecule has 0 aliphatic heterocycles. The number of nitrogens with zero attached hydrogens (tertiary/aromatic N) is 1. The highest BCUT2D eigenvalue weighted by Crippen LogP contribution is 2.00. The van der Waals surface area contributed by atoms with Gasteiger partial charge in [0.05, 0.1) is 6.20 Å². The molecule has 0 aliphatic rings. The number of nitrogens with one attached hydrogen (secondary N) is 3. The lowest BCUT2D eigenvalue weighted by atomic mass is 10.4. The van der Waals surface area contributed by atoms with Crippen molar-refractivity contribution in [1.82, 2.24) is 10.4 Å². The number of imidazole rings is 1. The van der Waals surface area contributed by atoms with Crippen molar-refractivity contribution in [1.29, 1.82) is 0 Å². The summed E-state index contributed by atoms with van der Waals surface area (Å²) in [6, 6.07) is 5.89. The average Bonchev–Trinajstić information content (AvgIpc) is 2.62. The summed E-state index contributed by atoms with van der Waals surface area (Å²) in [4.78, 5) is 3.05. The number of rotatable bonds is 1. The van der Waals surface area contributed by atoms with Crippen LogP contribution in [0.5, 0.6) is 0 Å². The minimum Gasteiger partial charge on any atom is -0.288 e. The van der Waals surface area contributed by atoms with E-state index in [1.54, 1.807) is 0 Å². The molecule has 0 fully saturated rings. The van der Waals surface area contributed by atoms with Crippen molar-refractivity contribution in [3.05, 3.63) is 30.6 Å². The fourth-order valence-corrected chi connectivity index (χ4v) is 1.33. The van der Waals surface area contributed by atoms with E-state index in [2.05, 4.69) is 15.7 Å². The highest BCUT2D eigenvalue weighted by atomic mass is 32.1. The van der Waals surface area contributed by atoms with Crippen molar-refractivity contribution >= 4 is 28.8 Å². The zero-order valence-electron chi connectivity index (χ0n) is 7.32. The molecule has 5 N–H and O–H groups in total. The first-order valence-corrected chi connectivity index (χ1v) is 4.47. The lowest BCUT2D eigenvalue weighted by molar-refractivity contribution is -0.494. The topological polar surface area (TPSA) is 70.0 Å². The molecular formula is C8H10N5S+. The van der Waals surface area contributed by atoms with Crippen LogP contribution in [-0.4, -0.2) is 10.1 Å². The minimum absolute atomic E-state index is 0.366. The van der Waals surface area contributed by atoms with Gasteiger partial charge in [-0.15, -0.1) is 0 Å². The summed E-state index contributed by atoms with van der Waals surface area (Å²) in [6.07, 6.45) is 3.80. The zero-order valence-corrected chi connectivity index (χ0v) is 8.14. The van der Waals surface area contributed by atoms with Crippen LogP contribution in [0.25, 0.3) is 5.52 Å². The van der Waals surface area contributed by atoms with E-state index in [9.17, 15) is 0 Å². The highest BCUT2D eigenvalue weighted by molar-refractivity contribution is 7.80. The van der Waals surface area contributed by atoms with Crippen molar-refractivity contribution in [2.24, 2.45) is 5.84 Å². The Morgan fingerprint density at radius 3 is 3.14 bits per heavy atom. The molecule has 0 aromatic carbocycles. The van der Waals surface area contributed by atoms with Gasteiger partial charge >= 0.3 is 5.95 Å². The molecule has 0 aliphatic carbocycles. The number of nitrogens with two attached hydrogens (primary N) is 1. The fraction of sp³-hybridized carbons (Fsp3) is 0. The van der Waals surface area contributed by atoms with Gasteiger partial charge in [-0.1, -0.05) is 6.07 Å². The van der Waals surface area contributed by atoms with E-state index in [1.165, 1.54) is 0 Å². The number of aromatic nitrogens is 2. The van der Waals surface area contributed by atoms with Gasteiger partial charge in [0.2, 0.25) is 5.11 Å². The smallest absolute Gasteiger partial charge is 0.288 e. The lowest BCUT2D eigenvalue weighted by Crippen LogP contribution is -2.37. The molecule has 72 valence electrons. The molecule has 0 unspecified atom stereocenters. The largest absolute Gasteiger partial charge is 0.366 e. The van der Waals surface area contributed by atoms with Gasteiger partial charge in [0.25, 0.3) is 0 Å². The molecule has 0 radical (unpaired) electrons. The zero-order chi connectivity index (χ0) is 9.97. The van der Waals surface area contributed by atoms with E-state index in [1.807, 2.05) is 35.0 Å². The summed E-state index contributed by atoms with van der Waals surface area (Å²) in [5.74, 6) is 5.92. The van der Waals surface area contributed by atoms with E-state index < -0.39 is 0 Å². The number of thiocarbonyl (C=S) groups is 1. The van der Waals surface area contributed by atoms with Crippen molar-refractivity contribution in [3.63, 3.8) is 0 Å². The number of hydrogen-bond acceptors (Lipinski definition) is 2. The van der Waals surface area contributed by atoms with E-state index in [4.69, 9.17) is 18.1 Å². The molecule has 5 nitrogen and oxygen atoms in total. The molecule has 0 amide bonds. The first-order chi connectivity index (χ1) is 6.81. The first kappa shape index (κ1) is 8.92. The summed E-state index contributed by atoms with van der Waals surface area (Å²) in [6.45, 7) is 0. The van der Waals surface area contributed by atoms with Crippen LogP contribution in [0, 0.1) is 0 Å². The minimum atomic E-state index is 0.366. The van der Waals surface area contributed by atoms with Crippen LogP contribution in [0.15, 0.2) is 30.6 Å². The second kappa shape index (κ2) is 3.60. The Morgan fingerprint density at radius 1 is 1.50 bits per heavy atom. The third kappa shape index (κ3) is 1.52. The Morgan fingerprint density at radius 2 is 2.36 bits per heavy atom. The standard InChI is InChI=1S/C8H9N5S/c9-12-8(14)11-7-10-5-6-3-1-2-4-13(6)7/h1-5H,9H2,(H2,10,11,12,14)/p+1. The summed E-state index contributed by atoms with van der Waals surface area (Å²) in [5.41, 5.74) is 3.41. The summed E-state index contributed by atoms with van der Waals surface area (Å²) < 4.78 is 1.93. The maximum Gasteiger partial charge on any atom is 0.366 e. The van der Waals surface area contributed by atoms with Crippen LogP contribution in [0.3, 0.4) is 0 Å². The molecule has 0 saturated carbocycles. The summed E-state index contributed by atoms with van der Waals surface area (Å²) >= 11 is 4.89. The molecule has 0 bridgehead atoms. The number of H-pyrrole nitrogens is 1. The third-order valence-electron chi connectivity index (χ3n) is 1.85. The van der Waals surface area contributed by atoms with Crippen molar-refractivity contribution < 1.29 is 4.40 Å². The van der Waals surface area contributed by atoms with E-state index in [0.717, 1.165) is 11.5 Å². The van der Waals surface area contributed by atoms with E-state index >= 15 is 0 Å². The average molecular weight is 208 g/mol. The number of hydrazine groups is 1. The fourth-order valence-electron chi connectivity index (χ4n) is 1.23. The van der Waals surface area contributed by atoms with Crippen LogP contribution in [0.2, 0.25) is 0 Å². The SMILES string of the molecule is NNC(=S)Nc1[nH]cc2cccc[n+]12. The van der Waals surface area contributed by atoms with E-state index in [0.29, 0.717) is 5.11 Å². The second-order valence-corrected chi connectivity index (χ2v) is 3.14. The maximum atomic E-state index is 5.16. The molecule has 6 heteroatoms. The molecule has 0 atom stereocenters. The molecule has 2 rings (SSSR count). The lowest BCUT2D eigenvalue weighted by Gasteiger charge is -1.97. The summed E-state index contributed by atoms with van der Waals surface area (Å²) in [7, 11) is 0. The quantitative estimate of drug-likeness (QED) is 0.229. The second-order valence-electron chi connectivity index (χ2n) is 2.73. The molecule has 2 aromatic heterocycles. The first-order valence-electron chi connectivity index (χ1n) is 4.06. The van der Waals surface area contributed by atoms with Crippen LogP contribution < -0.4 is 21.0 Å². The van der Waals surface area contributed by atoms with Gasteiger partial charge in [0.1, 0.15) is 11.7 Å². The Bertz CT molecular complexity index is 463. The Hall–Kier alpha value is -1.66. The van der Waals surface area contributed by atoms with Gasteiger partial charge in [0.15, 0.2) is 0 Å². The Kier molecular flexibility index (Phi) is 2.30. The van der Waals surface area contributed by atoms with Gasteiger partial charge in [-0.2, -0.15) is 0 Å². The van der Waals surface area contributed by atoms with Gasteiger partial charge < -0.3 is 0 Å². The predicted octanol–water partition coefficient (Wildman–Crippen LogP) is -0.0865. The molecule has 0 saturated heterocycles. The number of fused-ring (bicyclic) bond motifs is 1. The normalized spacial score (nSPS) is 10.1. The van der Waals surface area contributed by atoms with Crippen molar-refractivity contribution in [2.45, 2.75) is 0 Å². The predicted molar refractivity (Wildman–Crippen MR) is 57.5 cm³/mol. The number of pyridine rings is 1. The Balaban J connectivity index is 2.38. The van der Waals surface area contributed by atoms with Gasteiger partial charge in [0, 0.05) is 0 Å². The highest BCUT2D eigenvalue weighted by Gasteiger charge is 2.10. The van der Waals surface area contributed by atoms with Crippen LogP contribution in [0.4, 0.5) is 5.95 Å². The van der Waals surface area contributed by atoms with Crippen LogP contribution >= 0.6 is 12.2 Å². The van der Waals surface area contributed by atoms with Crippen molar-refractivity contribution in [2.75, 3.05) is 5.32 Å². The molecule has 2 aromatic rings. The number of anilines is 1. The van der Waals surface area contributed by atoms with Gasteiger partial charge in [-0.25, -0.2) is 20.5 Å². The molecular weight excluding hydrogens is 198 g/mol. The Labute approximate surface area is 85.9 Å². The summed E-state index contributed by atoms with van der Waals surface area (Å²) in [5, 5.41) is 3.28. The van der Waals surface area contributed by atoms with Crippen LogP contribution in [-0.2, 0) is 0 Å². The molecule has 14 heavy (non-hydrogen) atoms. The van der Waals surface area contributed by atoms with Crippen LogP contribution in [0.1, 0.15) is 0 Å². The number of hydrogen-bond donors (Lipinski definition) is 4. The third-order valence-corrected chi connectivity index (χ3v) is 2.07. The van der Waals surface area contributed by atoms with Crippen molar-refractivity contribution in [3.8, 4) is 0 Å². The maximum absolute atomic E-state index is 5.16. The number of aromatic amines is 1.